The quantitative estimate of drug-likeness (QED) is 0.820. The zero-order chi connectivity index (χ0) is 14.4. The van der Waals surface area contributed by atoms with Gasteiger partial charge in [0.25, 0.3) is 0 Å². The molecule has 0 bridgehead atoms. The number of hydrogen-bond acceptors (Lipinski definition) is 3. The van der Waals surface area contributed by atoms with Crippen molar-refractivity contribution in [2.24, 2.45) is 11.7 Å². The molecular weight excluding hydrogens is 266 g/mol. The minimum absolute atomic E-state index is 0.0862. The number of benzene rings is 1. The van der Waals surface area contributed by atoms with Gasteiger partial charge in [-0.15, -0.1) is 0 Å². The van der Waals surface area contributed by atoms with E-state index >= 15 is 0 Å². The molecule has 1 unspecified atom stereocenters. The van der Waals surface area contributed by atoms with E-state index in [0.29, 0.717) is 5.92 Å². The van der Waals surface area contributed by atoms with Crippen molar-refractivity contribution in [3.8, 4) is 0 Å². The van der Waals surface area contributed by atoms with E-state index in [1.54, 1.807) is 6.26 Å². The number of nitrogens with two attached hydrogens (primary N) is 1. The highest BCUT2D eigenvalue weighted by Crippen LogP contribution is 2.20. The Bertz CT molecular complexity index is 490. The zero-order valence-corrected chi connectivity index (χ0v) is 13.0. The molecule has 0 saturated heterocycles. The van der Waals surface area contributed by atoms with Crippen molar-refractivity contribution < 1.29 is 4.42 Å². The van der Waals surface area contributed by atoms with Crippen LogP contribution in [0.3, 0.4) is 0 Å². The van der Waals surface area contributed by atoms with Crippen LogP contribution in [0.15, 0.2) is 47.1 Å². The van der Waals surface area contributed by atoms with Gasteiger partial charge in [0.15, 0.2) is 0 Å². The first-order chi connectivity index (χ1) is 9.65. The van der Waals surface area contributed by atoms with Crippen molar-refractivity contribution in [2.75, 3.05) is 5.75 Å². The summed E-state index contributed by atoms with van der Waals surface area (Å²) in [6.45, 7) is 4.48. The van der Waals surface area contributed by atoms with Gasteiger partial charge in [0.05, 0.1) is 12.0 Å². The van der Waals surface area contributed by atoms with E-state index in [9.17, 15) is 0 Å². The normalized spacial score (nSPS) is 12.8. The molecule has 1 aromatic heterocycles. The maximum Gasteiger partial charge on any atom is 0.113 e. The summed E-state index contributed by atoms with van der Waals surface area (Å²) in [6, 6.07) is 12.7. The molecule has 2 rings (SSSR count). The van der Waals surface area contributed by atoms with Crippen molar-refractivity contribution in [2.45, 2.75) is 32.1 Å². The Hall–Kier alpha value is -1.19. The molecule has 0 aliphatic carbocycles. The molecule has 0 amide bonds. The van der Waals surface area contributed by atoms with E-state index in [4.69, 9.17) is 10.2 Å². The van der Waals surface area contributed by atoms with Crippen LogP contribution < -0.4 is 5.73 Å². The molecular formula is C17H23NOS. The fraction of sp³-hybridized carbons (Fsp3) is 0.412. The molecule has 3 heteroatoms. The maximum atomic E-state index is 6.23. The Kier molecular flexibility index (Phi) is 5.74. The second-order valence-corrected chi connectivity index (χ2v) is 6.57. The second-order valence-electron chi connectivity index (χ2n) is 5.54. The van der Waals surface area contributed by atoms with Crippen LogP contribution >= 0.6 is 11.8 Å². The molecule has 0 aliphatic heterocycles. The third-order valence-corrected chi connectivity index (χ3v) is 4.26. The lowest BCUT2D eigenvalue weighted by atomic mass is 10.0. The molecule has 0 radical (unpaired) electrons. The topological polar surface area (TPSA) is 39.2 Å². The predicted octanol–water partition coefficient (Wildman–Crippen LogP) is 4.41. The van der Waals surface area contributed by atoms with Gasteiger partial charge in [-0.3, -0.25) is 0 Å². The number of thioether (sulfide) groups is 1. The fourth-order valence-corrected chi connectivity index (χ4v) is 3.08. The largest absolute Gasteiger partial charge is 0.468 e. The van der Waals surface area contributed by atoms with Crippen LogP contribution in [0.4, 0.5) is 0 Å². The molecule has 2 aromatic rings. The van der Waals surface area contributed by atoms with E-state index in [1.807, 2.05) is 23.9 Å². The molecule has 0 saturated carbocycles. The second kappa shape index (κ2) is 7.55. The number of rotatable bonds is 7. The van der Waals surface area contributed by atoms with Gasteiger partial charge in [0.2, 0.25) is 0 Å². The number of hydrogen-bond donors (Lipinski definition) is 1. The lowest BCUT2D eigenvalue weighted by molar-refractivity contribution is 0.530. The lowest BCUT2D eigenvalue weighted by Crippen LogP contribution is -2.13. The maximum absolute atomic E-state index is 6.23. The first-order valence-electron chi connectivity index (χ1n) is 7.09. The molecule has 0 spiro atoms. The summed E-state index contributed by atoms with van der Waals surface area (Å²) >= 11 is 1.81. The SMILES string of the molecule is CC(C)Cc1ccc(C(N)CSCc2ccco2)cc1. The molecule has 2 nitrogen and oxygen atoms in total. The average molecular weight is 289 g/mol. The van der Waals surface area contributed by atoms with E-state index in [-0.39, 0.29) is 6.04 Å². The summed E-state index contributed by atoms with van der Waals surface area (Å²) in [5, 5.41) is 0. The minimum atomic E-state index is 0.0862. The summed E-state index contributed by atoms with van der Waals surface area (Å²) in [5.41, 5.74) is 8.83. The van der Waals surface area contributed by atoms with Gasteiger partial charge in [0.1, 0.15) is 5.76 Å². The van der Waals surface area contributed by atoms with Crippen molar-refractivity contribution >= 4 is 11.8 Å². The third-order valence-electron chi connectivity index (χ3n) is 3.17. The van der Waals surface area contributed by atoms with Gasteiger partial charge in [-0.1, -0.05) is 38.1 Å². The highest BCUT2D eigenvalue weighted by molar-refractivity contribution is 7.98. The van der Waals surface area contributed by atoms with Gasteiger partial charge < -0.3 is 10.2 Å². The van der Waals surface area contributed by atoms with Gasteiger partial charge in [-0.25, -0.2) is 0 Å². The van der Waals surface area contributed by atoms with Crippen molar-refractivity contribution in [3.05, 3.63) is 59.5 Å². The fourth-order valence-electron chi connectivity index (χ4n) is 2.15. The van der Waals surface area contributed by atoms with E-state index in [0.717, 1.165) is 23.7 Å². The standard InChI is InChI=1S/C17H23NOS/c1-13(2)10-14-5-7-15(8-6-14)17(18)12-20-11-16-4-3-9-19-16/h3-9,13,17H,10-12,18H2,1-2H3. The average Bonchev–Trinajstić information content (AvgIpc) is 2.92. The molecule has 20 heavy (non-hydrogen) atoms. The molecule has 108 valence electrons. The Labute approximate surface area is 125 Å². The van der Waals surface area contributed by atoms with Crippen molar-refractivity contribution in [1.29, 1.82) is 0 Å². The van der Waals surface area contributed by atoms with E-state index in [2.05, 4.69) is 38.1 Å². The monoisotopic (exact) mass is 289 g/mol. The highest BCUT2D eigenvalue weighted by Gasteiger charge is 2.07. The summed E-state index contributed by atoms with van der Waals surface area (Å²) in [6.07, 6.45) is 2.84. The van der Waals surface area contributed by atoms with Crippen LogP contribution in [0.2, 0.25) is 0 Å². The summed E-state index contributed by atoms with van der Waals surface area (Å²) in [7, 11) is 0. The van der Waals surface area contributed by atoms with Crippen LogP contribution in [-0.4, -0.2) is 5.75 Å². The van der Waals surface area contributed by atoms with Gasteiger partial charge in [-0.2, -0.15) is 11.8 Å². The van der Waals surface area contributed by atoms with Crippen molar-refractivity contribution in [1.82, 2.24) is 0 Å². The zero-order valence-electron chi connectivity index (χ0n) is 12.2. The van der Waals surface area contributed by atoms with Gasteiger partial charge in [-0.05, 0) is 35.6 Å². The summed E-state index contributed by atoms with van der Waals surface area (Å²) < 4.78 is 5.31. The molecule has 0 aliphatic rings. The van der Waals surface area contributed by atoms with Crippen LogP contribution in [0, 0.1) is 5.92 Å². The van der Waals surface area contributed by atoms with E-state index in [1.165, 1.54) is 11.1 Å². The first kappa shape index (κ1) is 15.2. The third kappa shape index (κ3) is 4.73. The Morgan fingerprint density at radius 3 is 2.50 bits per heavy atom. The predicted molar refractivity (Wildman–Crippen MR) is 86.8 cm³/mol. The highest BCUT2D eigenvalue weighted by atomic mass is 32.2. The minimum Gasteiger partial charge on any atom is -0.468 e. The van der Waals surface area contributed by atoms with E-state index < -0.39 is 0 Å². The molecule has 1 heterocycles. The van der Waals surface area contributed by atoms with Gasteiger partial charge >= 0.3 is 0 Å². The van der Waals surface area contributed by atoms with Gasteiger partial charge in [0, 0.05) is 11.8 Å². The van der Waals surface area contributed by atoms with Crippen LogP contribution in [0.1, 0.15) is 36.8 Å². The lowest BCUT2D eigenvalue weighted by Gasteiger charge is -2.12. The Balaban J connectivity index is 1.81. The smallest absolute Gasteiger partial charge is 0.113 e. The van der Waals surface area contributed by atoms with Crippen LogP contribution in [0.5, 0.6) is 0 Å². The Morgan fingerprint density at radius 1 is 1.15 bits per heavy atom. The molecule has 1 aromatic carbocycles. The Morgan fingerprint density at radius 2 is 1.90 bits per heavy atom. The molecule has 1 atom stereocenters. The first-order valence-corrected chi connectivity index (χ1v) is 8.25. The number of furan rings is 1. The van der Waals surface area contributed by atoms with Crippen molar-refractivity contribution in [3.63, 3.8) is 0 Å². The molecule has 0 fully saturated rings. The van der Waals surface area contributed by atoms with Crippen LogP contribution in [0.25, 0.3) is 0 Å². The summed E-state index contributed by atoms with van der Waals surface area (Å²) in [5.74, 6) is 3.49. The summed E-state index contributed by atoms with van der Waals surface area (Å²) in [4.78, 5) is 0. The molecule has 2 N–H and O–H groups in total. The van der Waals surface area contributed by atoms with Crippen LogP contribution in [-0.2, 0) is 12.2 Å².